The van der Waals surface area contributed by atoms with E-state index in [0.717, 1.165) is 5.56 Å². The van der Waals surface area contributed by atoms with Gasteiger partial charge < -0.3 is 4.74 Å². The predicted octanol–water partition coefficient (Wildman–Crippen LogP) is 5.26. The lowest BCUT2D eigenvalue weighted by Gasteiger charge is -2.21. The van der Waals surface area contributed by atoms with Gasteiger partial charge in [0.15, 0.2) is 5.78 Å². The Morgan fingerprint density at radius 1 is 1.09 bits per heavy atom. The fraction of sp³-hybridized carbons (Fsp3) is 0.316. The average molecular weight is 300 g/mol. The summed E-state index contributed by atoms with van der Waals surface area (Å²) in [6, 6.07) is 11.9. The van der Waals surface area contributed by atoms with Gasteiger partial charge in [0.05, 0.1) is 0 Å². The minimum absolute atomic E-state index is 0.0842. The van der Waals surface area contributed by atoms with Gasteiger partial charge in [-0.3, -0.25) is 4.79 Å². The minimum atomic E-state index is -0.365. The highest BCUT2D eigenvalue weighted by atomic mass is 19.1. The fourth-order valence-electron chi connectivity index (χ4n) is 2.19. The van der Waals surface area contributed by atoms with Gasteiger partial charge in [-0.05, 0) is 38.5 Å². The van der Waals surface area contributed by atoms with Crippen molar-refractivity contribution in [2.24, 2.45) is 0 Å². The number of benzene rings is 2. The van der Waals surface area contributed by atoms with Crippen LogP contribution in [0, 0.1) is 5.82 Å². The van der Waals surface area contributed by atoms with E-state index in [9.17, 15) is 9.18 Å². The van der Waals surface area contributed by atoms with E-state index in [1.165, 1.54) is 6.07 Å². The first-order valence-corrected chi connectivity index (χ1v) is 7.42. The molecule has 2 nitrogen and oxygen atoms in total. The number of hydrogen-bond donors (Lipinski definition) is 0. The molecule has 0 amide bonds. The van der Waals surface area contributed by atoms with Gasteiger partial charge in [-0.2, -0.15) is 0 Å². The Balaban J connectivity index is 2.27. The van der Waals surface area contributed by atoms with Crippen LogP contribution in [0.1, 0.15) is 44.5 Å². The Morgan fingerprint density at radius 3 is 2.23 bits per heavy atom. The molecule has 3 heteroatoms. The topological polar surface area (TPSA) is 26.3 Å². The first-order valence-electron chi connectivity index (χ1n) is 7.42. The van der Waals surface area contributed by atoms with Gasteiger partial charge >= 0.3 is 0 Å². The maximum atomic E-state index is 14.3. The smallest absolute Gasteiger partial charge is 0.162 e. The van der Waals surface area contributed by atoms with Crippen LogP contribution in [0.2, 0.25) is 0 Å². The second-order valence-electron chi connectivity index (χ2n) is 6.21. The van der Waals surface area contributed by atoms with Crippen molar-refractivity contribution < 1.29 is 13.9 Å². The van der Waals surface area contributed by atoms with Crippen molar-refractivity contribution in [3.8, 4) is 16.9 Å². The lowest BCUT2D eigenvalue weighted by Crippen LogP contribution is -2.22. The molecule has 0 atom stereocenters. The second-order valence-corrected chi connectivity index (χ2v) is 6.21. The number of rotatable bonds is 4. The molecule has 0 saturated carbocycles. The number of hydrogen-bond acceptors (Lipinski definition) is 2. The van der Waals surface area contributed by atoms with Gasteiger partial charge in [-0.1, -0.05) is 31.2 Å². The van der Waals surface area contributed by atoms with E-state index >= 15 is 0 Å². The molecular formula is C19H21FO2. The molecule has 22 heavy (non-hydrogen) atoms. The third-order valence-electron chi connectivity index (χ3n) is 3.20. The normalized spacial score (nSPS) is 11.3. The summed E-state index contributed by atoms with van der Waals surface area (Å²) in [5, 5.41) is 0. The van der Waals surface area contributed by atoms with E-state index in [1.807, 2.05) is 27.7 Å². The Hall–Kier alpha value is -2.16. The molecule has 0 unspecified atom stereocenters. The summed E-state index contributed by atoms with van der Waals surface area (Å²) in [5.41, 5.74) is 1.53. The summed E-state index contributed by atoms with van der Waals surface area (Å²) in [7, 11) is 0. The van der Waals surface area contributed by atoms with E-state index in [1.54, 1.807) is 36.4 Å². The van der Waals surface area contributed by atoms with Crippen LogP contribution >= 0.6 is 0 Å². The lowest BCUT2D eigenvalue weighted by atomic mass is 10.0. The van der Waals surface area contributed by atoms with Gasteiger partial charge in [-0.25, -0.2) is 4.39 Å². The summed E-state index contributed by atoms with van der Waals surface area (Å²) < 4.78 is 19.9. The van der Waals surface area contributed by atoms with Crippen LogP contribution in [-0.4, -0.2) is 11.4 Å². The first-order chi connectivity index (χ1) is 10.3. The van der Waals surface area contributed by atoms with Gasteiger partial charge in [0, 0.05) is 23.6 Å². The quantitative estimate of drug-likeness (QED) is 0.720. The average Bonchev–Trinajstić information content (AvgIpc) is 2.45. The molecule has 0 aliphatic heterocycles. The highest BCUT2D eigenvalue weighted by molar-refractivity contribution is 5.96. The number of ether oxygens (including phenoxy) is 1. The minimum Gasteiger partial charge on any atom is -0.488 e. The molecule has 0 N–H and O–H groups in total. The number of carbonyl (C=O) groups is 1. The molecule has 0 aromatic heterocycles. The van der Waals surface area contributed by atoms with E-state index < -0.39 is 0 Å². The molecule has 0 aliphatic rings. The Kier molecular flexibility index (Phi) is 4.65. The summed E-state index contributed by atoms with van der Waals surface area (Å²) in [6.07, 6.45) is 0.465. The van der Waals surface area contributed by atoms with Crippen LogP contribution in [0.15, 0.2) is 42.5 Å². The highest BCUT2D eigenvalue weighted by Crippen LogP contribution is 2.28. The van der Waals surface area contributed by atoms with Crippen molar-refractivity contribution in [2.75, 3.05) is 0 Å². The molecule has 0 radical (unpaired) electrons. The van der Waals surface area contributed by atoms with Crippen molar-refractivity contribution in [1.29, 1.82) is 0 Å². The standard InChI is InChI=1S/C19H21FO2/c1-5-18(21)14-8-6-13(7-9-14)16-11-10-15(12-17(16)20)22-19(2,3)4/h6-12H,5H2,1-4H3. The summed E-state index contributed by atoms with van der Waals surface area (Å²) in [4.78, 5) is 11.6. The van der Waals surface area contributed by atoms with E-state index in [2.05, 4.69) is 0 Å². The molecule has 2 aromatic rings. The van der Waals surface area contributed by atoms with Crippen LogP contribution in [0.4, 0.5) is 4.39 Å². The maximum Gasteiger partial charge on any atom is 0.162 e. The summed E-state index contributed by atoms with van der Waals surface area (Å²) >= 11 is 0. The van der Waals surface area contributed by atoms with Gasteiger partial charge in [-0.15, -0.1) is 0 Å². The van der Waals surface area contributed by atoms with Crippen molar-refractivity contribution in [3.05, 3.63) is 53.8 Å². The molecule has 2 rings (SSSR count). The van der Waals surface area contributed by atoms with Crippen LogP contribution in [0.25, 0.3) is 11.1 Å². The van der Waals surface area contributed by atoms with Crippen LogP contribution < -0.4 is 4.74 Å². The Labute approximate surface area is 130 Å². The van der Waals surface area contributed by atoms with Crippen molar-refractivity contribution in [3.63, 3.8) is 0 Å². The lowest BCUT2D eigenvalue weighted by molar-refractivity contribution is 0.0988. The number of carbonyl (C=O) groups excluding carboxylic acids is 1. The maximum absolute atomic E-state index is 14.3. The molecule has 116 valence electrons. The number of ketones is 1. The molecule has 0 spiro atoms. The van der Waals surface area contributed by atoms with E-state index in [-0.39, 0.29) is 17.2 Å². The van der Waals surface area contributed by atoms with Crippen molar-refractivity contribution in [2.45, 2.75) is 39.7 Å². The Bertz CT molecular complexity index is 667. The second kappa shape index (κ2) is 6.30. The third-order valence-corrected chi connectivity index (χ3v) is 3.20. The molecule has 0 bridgehead atoms. The largest absolute Gasteiger partial charge is 0.488 e. The highest BCUT2D eigenvalue weighted by Gasteiger charge is 2.14. The van der Waals surface area contributed by atoms with E-state index in [4.69, 9.17) is 4.74 Å². The van der Waals surface area contributed by atoms with Crippen molar-refractivity contribution in [1.82, 2.24) is 0 Å². The summed E-state index contributed by atoms with van der Waals surface area (Å²) in [5.74, 6) is 0.254. The van der Waals surface area contributed by atoms with Gasteiger partial charge in [0.25, 0.3) is 0 Å². The van der Waals surface area contributed by atoms with Gasteiger partial charge in [0.2, 0.25) is 0 Å². The molecule has 2 aromatic carbocycles. The summed E-state index contributed by atoms with van der Waals surface area (Å²) in [6.45, 7) is 7.58. The fourth-order valence-corrected chi connectivity index (χ4v) is 2.19. The van der Waals surface area contributed by atoms with Gasteiger partial charge in [0.1, 0.15) is 17.2 Å². The SMILES string of the molecule is CCC(=O)c1ccc(-c2ccc(OC(C)(C)C)cc2F)cc1. The number of Topliss-reactive ketones (excluding diaryl/α,β-unsaturated/α-hetero) is 1. The van der Waals surface area contributed by atoms with Crippen LogP contribution in [-0.2, 0) is 0 Å². The van der Waals surface area contributed by atoms with Crippen LogP contribution in [0.3, 0.4) is 0 Å². The molecule has 0 fully saturated rings. The third kappa shape index (κ3) is 3.94. The monoisotopic (exact) mass is 300 g/mol. The van der Waals surface area contributed by atoms with Crippen LogP contribution in [0.5, 0.6) is 5.75 Å². The molecule has 0 aliphatic carbocycles. The van der Waals surface area contributed by atoms with Crippen molar-refractivity contribution >= 4 is 5.78 Å². The first kappa shape index (κ1) is 16.2. The molecular weight excluding hydrogens is 279 g/mol. The zero-order chi connectivity index (χ0) is 16.3. The Morgan fingerprint density at radius 2 is 1.73 bits per heavy atom. The zero-order valence-corrected chi connectivity index (χ0v) is 13.4. The number of halogens is 1. The zero-order valence-electron chi connectivity index (χ0n) is 13.4. The predicted molar refractivity (Wildman–Crippen MR) is 86.8 cm³/mol. The van der Waals surface area contributed by atoms with E-state index in [0.29, 0.717) is 23.3 Å². The molecule has 0 heterocycles. The molecule has 0 saturated heterocycles.